The SMILES string of the molecule is CC(C)CC(C)NS(=O)(=O)c1cc(Br)ccc1Br. The molecule has 0 aliphatic heterocycles. The van der Waals surface area contributed by atoms with E-state index >= 15 is 0 Å². The van der Waals surface area contributed by atoms with E-state index in [9.17, 15) is 8.42 Å². The Balaban J connectivity index is 2.96. The minimum absolute atomic E-state index is 0.0825. The molecule has 0 aliphatic carbocycles. The molecule has 0 saturated carbocycles. The van der Waals surface area contributed by atoms with Crippen molar-refractivity contribution in [2.45, 2.75) is 38.1 Å². The van der Waals surface area contributed by atoms with Gasteiger partial charge in [-0.3, -0.25) is 0 Å². The molecule has 0 fully saturated rings. The van der Waals surface area contributed by atoms with Gasteiger partial charge in [-0.05, 0) is 53.4 Å². The number of benzene rings is 1. The summed E-state index contributed by atoms with van der Waals surface area (Å²) in [5.41, 5.74) is 0. The first-order valence-electron chi connectivity index (χ1n) is 5.69. The second-order valence-corrected chi connectivity index (χ2v) is 8.18. The topological polar surface area (TPSA) is 46.2 Å². The molecule has 0 aliphatic rings. The smallest absolute Gasteiger partial charge is 0.208 e. The average Bonchev–Trinajstić information content (AvgIpc) is 2.19. The fourth-order valence-corrected chi connectivity index (χ4v) is 4.53. The fourth-order valence-electron chi connectivity index (χ4n) is 1.77. The largest absolute Gasteiger partial charge is 0.241 e. The summed E-state index contributed by atoms with van der Waals surface area (Å²) >= 11 is 6.55. The second-order valence-electron chi connectivity index (χ2n) is 4.73. The van der Waals surface area contributed by atoms with Gasteiger partial charge in [0.15, 0.2) is 0 Å². The van der Waals surface area contributed by atoms with Crippen LogP contribution in [0.25, 0.3) is 0 Å². The summed E-state index contributed by atoms with van der Waals surface area (Å²) in [4.78, 5) is 0.257. The van der Waals surface area contributed by atoms with Crippen LogP contribution >= 0.6 is 31.9 Å². The Morgan fingerprint density at radius 3 is 2.39 bits per heavy atom. The Morgan fingerprint density at radius 2 is 1.83 bits per heavy atom. The van der Waals surface area contributed by atoms with Crippen LogP contribution in [0.15, 0.2) is 32.0 Å². The van der Waals surface area contributed by atoms with Crippen LogP contribution in [0.5, 0.6) is 0 Å². The van der Waals surface area contributed by atoms with Crippen LogP contribution in [0.3, 0.4) is 0 Å². The highest BCUT2D eigenvalue weighted by molar-refractivity contribution is 9.11. The maximum Gasteiger partial charge on any atom is 0.241 e. The molecule has 1 atom stereocenters. The fraction of sp³-hybridized carbons (Fsp3) is 0.500. The molecule has 102 valence electrons. The Morgan fingerprint density at radius 1 is 1.22 bits per heavy atom. The van der Waals surface area contributed by atoms with Gasteiger partial charge in [-0.15, -0.1) is 0 Å². The van der Waals surface area contributed by atoms with Gasteiger partial charge in [0.1, 0.15) is 0 Å². The highest BCUT2D eigenvalue weighted by Crippen LogP contribution is 2.26. The number of rotatable bonds is 5. The number of hydrogen-bond donors (Lipinski definition) is 1. The van der Waals surface area contributed by atoms with Crippen molar-refractivity contribution in [2.24, 2.45) is 5.92 Å². The monoisotopic (exact) mass is 397 g/mol. The first-order chi connectivity index (χ1) is 8.22. The van der Waals surface area contributed by atoms with Crippen LogP contribution in [0, 0.1) is 5.92 Å². The Labute approximate surface area is 126 Å². The van der Waals surface area contributed by atoms with Crippen LogP contribution in [-0.4, -0.2) is 14.5 Å². The minimum Gasteiger partial charge on any atom is -0.208 e. The van der Waals surface area contributed by atoms with Crippen LogP contribution in [0.4, 0.5) is 0 Å². The van der Waals surface area contributed by atoms with Gasteiger partial charge < -0.3 is 0 Å². The lowest BCUT2D eigenvalue weighted by Gasteiger charge is -2.16. The summed E-state index contributed by atoms with van der Waals surface area (Å²) in [6, 6.07) is 5.02. The van der Waals surface area contributed by atoms with Gasteiger partial charge in [0.2, 0.25) is 10.0 Å². The molecule has 1 aromatic carbocycles. The molecular weight excluding hydrogens is 382 g/mol. The van der Waals surface area contributed by atoms with Crippen molar-refractivity contribution in [1.29, 1.82) is 0 Å². The van der Waals surface area contributed by atoms with Gasteiger partial charge in [0, 0.05) is 15.0 Å². The molecule has 0 radical (unpaired) electrons. The predicted molar refractivity (Wildman–Crippen MR) is 81.1 cm³/mol. The zero-order valence-electron chi connectivity index (χ0n) is 10.6. The third-order valence-electron chi connectivity index (χ3n) is 2.36. The molecule has 0 amide bonds. The minimum atomic E-state index is -3.49. The zero-order chi connectivity index (χ0) is 13.9. The number of hydrogen-bond acceptors (Lipinski definition) is 2. The standard InChI is InChI=1S/C12H17Br2NO2S/c1-8(2)6-9(3)15-18(16,17)12-7-10(13)4-5-11(12)14/h4-5,7-9,15H,6H2,1-3H3. The van der Waals surface area contributed by atoms with Crippen molar-refractivity contribution in [3.8, 4) is 0 Å². The lowest BCUT2D eigenvalue weighted by atomic mass is 10.1. The van der Waals surface area contributed by atoms with Crippen LogP contribution < -0.4 is 4.72 Å². The summed E-state index contributed by atoms with van der Waals surface area (Å²) in [6.45, 7) is 6.02. The molecule has 3 nitrogen and oxygen atoms in total. The van der Waals surface area contributed by atoms with Crippen LogP contribution in [0.1, 0.15) is 27.2 Å². The Kier molecular flexibility index (Phi) is 5.83. The summed E-state index contributed by atoms with van der Waals surface area (Å²) in [5, 5.41) is 0. The van der Waals surface area contributed by atoms with E-state index in [4.69, 9.17) is 0 Å². The van der Waals surface area contributed by atoms with Gasteiger partial charge in [0.25, 0.3) is 0 Å². The first-order valence-corrected chi connectivity index (χ1v) is 8.76. The van der Waals surface area contributed by atoms with E-state index < -0.39 is 10.0 Å². The quantitative estimate of drug-likeness (QED) is 0.816. The van der Waals surface area contributed by atoms with E-state index in [-0.39, 0.29) is 10.9 Å². The average molecular weight is 399 g/mol. The number of sulfonamides is 1. The van der Waals surface area contributed by atoms with Gasteiger partial charge >= 0.3 is 0 Å². The predicted octanol–water partition coefficient (Wildman–Crippen LogP) is 3.92. The molecule has 18 heavy (non-hydrogen) atoms. The van der Waals surface area contributed by atoms with Gasteiger partial charge in [-0.2, -0.15) is 0 Å². The molecule has 1 unspecified atom stereocenters. The molecule has 1 aromatic rings. The Hall–Kier alpha value is 0.0900. The third kappa shape index (κ3) is 4.64. The molecule has 0 bridgehead atoms. The molecule has 0 heterocycles. The van der Waals surface area contributed by atoms with Crippen molar-refractivity contribution in [3.63, 3.8) is 0 Å². The normalized spacial score (nSPS) is 13.9. The number of nitrogens with one attached hydrogen (secondary N) is 1. The van der Waals surface area contributed by atoms with Crippen molar-refractivity contribution in [2.75, 3.05) is 0 Å². The highest BCUT2D eigenvalue weighted by atomic mass is 79.9. The third-order valence-corrected chi connectivity index (χ3v) is 5.44. The zero-order valence-corrected chi connectivity index (χ0v) is 14.6. The van der Waals surface area contributed by atoms with E-state index in [0.717, 1.165) is 10.9 Å². The van der Waals surface area contributed by atoms with Gasteiger partial charge in [-0.1, -0.05) is 29.8 Å². The van der Waals surface area contributed by atoms with E-state index in [1.54, 1.807) is 18.2 Å². The molecule has 0 saturated heterocycles. The van der Waals surface area contributed by atoms with Crippen molar-refractivity contribution < 1.29 is 8.42 Å². The summed E-state index contributed by atoms with van der Waals surface area (Å²) < 4.78 is 28.5. The van der Waals surface area contributed by atoms with Gasteiger partial charge in [-0.25, -0.2) is 13.1 Å². The number of halogens is 2. The summed E-state index contributed by atoms with van der Waals surface area (Å²) in [5.74, 6) is 0.452. The lowest BCUT2D eigenvalue weighted by molar-refractivity contribution is 0.482. The van der Waals surface area contributed by atoms with Gasteiger partial charge in [0.05, 0.1) is 4.90 Å². The van der Waals surface area contributed by atoms with Crippen LogP contribution in [-0.2, 0) is 10.0 Å². The second kappa shape index (κ2) is 6.50. The maximum absolute atomic E-state index is 12.2. The van der Waals surface area contributed by atoms with E-state index in [0.29, 0.717) is 10.4 Å². The maximum atomic E-state index is 12.2. The molecule has 0 spiro atoms. The van der Waals surface area contributed by atoms with E-state index in [1.165, 1.54) is 0 Å². The van der Waals surface area contributed by atoms with E-state index in [2.05, 4.69) is 50.4 Å². The summed E-state index contributed by atoms with van der Waals surface area (Å²) in [6.07, 6.45) is 0.810. The molecule has 1 rings (SSSR count). The van der Waals surface area contributed by atoms with Crippen molar-refractivity contribution in [1.82, 2.24) is 4.72 Å². The highest BCUT2D eigenvalue weighted by Gasteiger charge is 2.20. The van der Waals surface area contributed by atoms with Crippen molar-refractivity contribution >= 4 is 41.9 Å². The molecular formula is C12H17Br2NO2S. The first kappa shape index (κ1) is 16.1. The molecule has 1 N–H and O–H groups in total. The van der Waals surface area contributed by atoms with E-state index in [1.807, 2.05) is 6.92 Å². The molecule has 0 aromatic heterocycles. The summed E-state index contributed by atoms with van der Waals surface area (Å²) in [7, 11) is -3.49. The molecule has 6 heteroatoms. The van der Waals surface area contributed by atoms with Crippen LogP contribution in [0.2, 0.25) is 0 Å². The van der Waals surface area contributed by atoms with Crippen molar-refractivity contribution in [3.05, 3.63) is 27.1 Å². The Bertz CT molecular complexity index is 515. The lowest BCUT2D eigenvalue weighted by Crippen LogP contribution is -2.33.